The normalized spacial score (nSPS) is 14.1. The van der Waals surface area contributed by atoms with E-state index in [0.717, 1.165) is 11.3 Å². The molecule has 30 heavy (non-hydrogen) atoms. The van der Waals surface area contributed by atoms with E-state index in [1.54, 1.807) is 36.6 Å². The third-order valence-corrected chi connectivity index (χ3v) is 7.25. The van der Waals surface area contributed by atoms with Gasteiger partial charge in [0.25, 0.3) is 10.0 Å². The van der Waals surface area contributed by atoms with Gasteiger partial charge in [-0.25, -0.2) is 8.42 Å². The van der Waals surface area contributed by atoms with Crippen molar-refractivity contribution >= 4 is 38.9 Å². The van der Waals surface area contributed by atoms with E-state index in [1.165, 1.54) is 17.9 Å². The molecule has 1 aromatic carbocycles. The number of nitrogens with one attached hydrogen (secondary N) is 2. The number of hydrogen-bond acceptors (Lipinski definition) is 7. The van der Waals surface area contributed by atoms with Crippen molar-refractivity contribution in [2.75, 3.05) is 31.6 Å². The van der Waals surface area contributed by atoms with Crippen molar-refractivity contribution in [3.05, 3.63) is 35.7 Å². The van der Waals surface area contributed by atoms with Gasteiger partial charge in [-0.2, -0.15) is 4.72 Å². The SMILES string of the molecule is CCN(CC(=O)Nc1ccc2c(c1)OCCO2)C(=O)C(C)NS(=O)(=O)c1cccs1. The summed E-state index contributed by atoms with van der Waals surface area (Å²) >= 11 is 1.06. The number of anilines is 1. The van der Waals surface area contributed by atoms with Gasteiger partial charge in [0, 0.05) is 18.3 Å². The first-order valence-corrected chi connectivity index (χ1v) is 11.7. The van der Waals surface area contributed by atoms with E-state index in [4.69, 9.17) is 9.47 Å². The van der Waals surface area contributed by atoms with Gasteiger partial charge >= 0.3 is 0 Å². The second-order valence-corrected chi connectivity index (χ2v) is 9.42. The first-order valence-electron chi connectivity index (χ1n) is 9.34. The van der Waals surface area contributed by atoms with E-state index in [0.29, 0.717) is 30.4 Å². The van der Waals surface area contributed by atoms with Gasteiger partial charge in [-0.3, -0.25) is 9.59 Å². The topological polar surface area (TPSA) is 114 Å². The summed E-state index contributed by atoms with van der Waals surface area (Å²) < 4.78 is 38.1. The Morgan fingerprint density at radius 2 is 1.93 bits per heavy atom. The molecule has 2 aromatic rings. The number of hydrogen-bond donors (Lipinski definition) is 2. The maximum Gasteiger partial charge on any atom is 0.250 e. The molecule has 2 N–H and O–H groups in total. The van der Waals surface area contributed by atoms with Crippen molar-refractivity contribution in [2.24, 2.45) is 0 Å². The standard InChI is InChI=1S/C19H23N3O6S2/c1-3-22(19(24)13(2)21-30(25,26)18-5-4-10-29-18)12-17(23)20-14-6-7-15-16(11-14)28-9-8-27-15/h4-7,10-11,13,21H,3,8-9,12H2,1-2H3,(H,20,23). The fourth-order valence-corrected chi connectivity index (χ4v) is 5.08. The third kappa shape index (κ3) is 5.29. The van der Waals surface area contributed by atoms with E-state index >= 15 is 0 Å². The highest BCUT2D eigenvalue weighted by Gasteiger charge is 2.27. The van der Waals surface area contributed by atoms with E-state index in [9.17, 15) is 18.0 Å². The molecule has 0 spiro atoms. The Balaban J connectivity index is 1.59. The summed E-state index contributed by atoms with van der Waals surface area (Å²) in [5, 5.41) is 4.36. The number of ether oxygens (including phenoxy) is 2. The second kappa shape index (κ2) is 9.45. The monoisotopic (exact) mass is 453 g/mol. The van der Waals surface area contributed by atoms with Gasteiger partial charge in [-0.15, -0.1) is 11.3 Å². The molecule has 1 aliphatic heterocycles. The summed E-state index contributed by atoms with van der Waals surface area (Å²) in [4.78, 5) is 26.4. The maximum absolute atomic E-state index is 12.7. The Morgan fingerprint density at radius 1 is 1.20 bits per heavy atom. The summed E-state index contributed by atoms with van der Waals surface area (Å²) in [6, 6.07) is 7.10. The van der Waals surface area contributed by atoms with Gasteiger partial charge in [0.05, 0.1) is 12.6 Å². The molecule has 1 atom stereocenters. The Kier molecular flexibility index (Phi) is 6.95. The molecule has 9 nitrogen and oxygen atoms in total. The van der Waals surface area contributed by atoms with Crippen molar-refractivity contribution in [1.29, 1.82) is 0 Å². The van der Waals surface area contributed by atoms with Crippen LogP contribution in [0.1, 0.15) is 13.8 Å². The van der Waals surface area contributed by atoms with Gasteiger partial charge in [-0.05, 0) is 37.4 Å². The maximum atomic E-state index is 12.7. The zero-order valence-corrected chi connectivity index (χ0v) is 18.2. The summed E-state index contributed by atoms with van der Waals surface area (Å²) in [6.45, 7) is 4.11. The zero-order chi connectivity index (χ0) is 21.7. The van der Waals surface area contributed by atoms with Crippen molar-refractivity contribution in [1.82, 2.24) is 9.62 Å². The van der Waals surface area contributed by atoms with Gasteiger partial charge in [0.1, 0.15) is 17.4 Å². The lowest BCUT2D eigenvalue weighted by atomic mass is 10.2. The van der Waals surface area contributed by atoms with Crippen LogP contribution in [0.2, 0.25) is 0 Å². The van der Waals surface area contributed by atoms with E-state index in [-0.39, 0.29) is 17.3 Å². The predicted octanol–water partition coefficient (Wildman–Crippen LogP) is 1.67. The minimum Gasteiger partial charge on any atom is -0.486 e. The number of nitrogens with zero attached hydrogens (tertiary/aromatic N) is 1. The number of carbonyl (C=O) groups is 2. The molecule has 1 aliphatic rings. The Bertz CT molecular complexity index is 1010. The first kappa shape index (κ1) is 22.1. The van der Waals surface area contributed by atoms with Gasteiger partial charge in [0.2, 0.25) is 11.8 Å². The van der Waals surface area contributed by atoms with Gasteiger partial charge in [-0.1, -0.05) is 6.07 Å². The highest BCUT2D eigenvalue weighted by Crippen LogP contribution is 2.32. The van der Waals surface area contributed by atoms with Crippen LogP contribution in [-0.2, 0) is 19.6 Å². The molecule has 0 fully saturated rings. The molecule has 0 radical (unpaired) electrons. The fraction of sp³-hybridized carbons (Fsp3) is 0.368. The molecule has 3 rings (SSSR count). The number of likely N-dealkylation sites (N-methyl/N-ethyl adjacent to an activating group) is 1. The second-order valence-electron chi connectivity index (χ2n) is 6.53. The predicted molar refractivity (Wildman–Crippen MR) is 112 cm³/mol. The highest BCUT2D eigenvalue weighted by atomic mass is 32.2. The molecule has 0 saturated heterocycles. The first-order chi connectivity index (χ1) is 14.3. The lowest BCUT2D eigenvalue weighted by Crippen LogP contribution is -2.48. The Labute approximate surface area is 179 Å². The molecule has 162 valence electrons. The smallest absolute Gasteiger partial charge is 0.250 e. The number of fused-ring (bicyclic) bond motifs is 1. The number of sulfonamides is 1. The Morgan fingerprint density at radius 3 is 2.60 bits per heavy atom. The van der Waals surface area contributed by atoms with Crippen LogP contribution in [0, 0.1) is 0 Å². The molecular formula is C19H23N3O6S2. The minimum atomic E-state index is -3.79. The van der Waals surface area contributed by atoms with Crippen molar-refractivity contribution in [3.8, 4) is 11.5 Å². The Hall–Kier alpha value is -2.63. The van der Waals surface area contributed by atoms with Gasteiger partial charge < -0.3 is 19.7 Å². The highest BCUT2D eigenvalue weighted by molar-refractivity contribution is 7.91. The summed E-state index contributed by atoms with van der Waals surface area (Å²) in [5.41, 5.74) is 0.513. The average Bonchev–Trinajstić information content (AvgIpc) is 3.27. The quantitative estimate of drug-likeness (QED) is 0.629. The number of thiophene rings is 1. The van der Waals surface area contributed by atoms with Crippen molar-refractivity contribution < 1.29 is 27.5 Å². The zero-order valence-electron chi connectivity index (χ0n) is 16.6. The fourth-order valence-electron chi connectivity index (χ4n) is 2.87. The van der Waals surface area contributed by atoms with Crippen LogP contribution in [0.25, 0.3) is 0 Å². The van der Waals surface area contributed by atoms with Crippen LogP contribution in [0.15, 0.2) is 39.9 Å². The molecule has 1 unspecified atom stereocenters. The largest absolute Gasteiger partial charge is 0.486 e. The van der Waals surface area contributed by atoms with Crippen LogP contribution < -0.4 is 19.5 Å². The molecule has 0 aliphatic carbocycles. The average molecular weight is 454 g/mol. The minimum absolute atomic E-state index is 0.126. The molecule has 2 amide bonds. The number of carbonyl (C=O) groups excluding carboxylic acids is 2. The van der Waals surface area contributed by atoms with Gasteiger partial charge in [0.15, 0.2) is 11.5 Å². The van der Waals surface area contributed by atoms with Crippen LogP contribution in [0.3, 0.4) is 0 Å². The molecule has 0 bridgehead atoms. The number of amides is 2. The lowest BCUT2D eigenvalue weighted by Gasteiger charge is -2.24. The molecule has 0 saturated carbocycles. The van der Waals surface area contributed by atoms with E-state index in [2.05, 4.69) is 10.0 Å². The summed E-state index contributed by atoms with van der Waals surface area (Å²) in [5.74, 6) is 0.251. The summed E-state index contributed by atoms with van der Waals surface area (Å²) in [7, 11) is -3.79. The molecule has 11 heteroatoms. The van der Waals surface area contributed by atoms with Crippen molar-refractivity contribution in [3.63, 3.8) is 0 Å². The number of rotatable bonds is 8. The van der Waals surface area contributed by atoms with Crippen LogP contribution >= 0.6 is 11.3 Å². The van der Waals surface area contributed by atoms with Crippen LogP contribution in [0.5, 0.6) is 11.5 Å². The third-order valence-electron chi connectivity index (χ3n) is 4.32. The van der Waals surface area contributed by atoms with Crippen LogP contribution in [-0.4, -0.2) is 57.5 Å². The van der Waals surface area contributed by atoms with E-state index in [1.807, 2.05) is 0 Å². The number of benzene rings is 1. The van der Waals surface area contributed by atoms with E-state index < -0.39 is 27.9 Å². The van der Waals surface area contributed by atoms with Crippen molar-refractivity contribution in [2.45, 2.75) is 24.1 Å². The van der Waals surface area contributed by atoms with Crippen LogP contribution in [0.4, 0.5) is 5.69 Å². The summed E-state index contributed by atoms with van der Waals surface area (Å²) in [6.07, 6.45) is 0. The molecule has 2 heterocycles. The lowest BCUT2D eigenvalue weighted by molar-refractivity contribution is -0.135. The molecule has 1 aromatic heterocycles. The molecular weight excluding hydrogens is 430 g/mol.